The number of rotatable bonds is 0. The third-order valence-corrected chi connectivity index (χ3v) is 4.78. The lowest BCUT2D eigenvalue weighted by molar-refractivity contribution is -0.125. The van der Waals surface area contributed by atoms with Gasteiger partial charge in [-0.05, 0) is 37.5 Å². The van der Waals surface area contributed by atoms with Gasteiger partial charge in [-0.1, -0.05) is 20.8 Å². The Morgan fingerprint density at radius 3 is 2.47 bits per heavy atom. The van der Waals surface area contributed by atoms with Crippen LogP contribution in [0.4, 0.5) is 4.79 Å². The van der Waals surface area contributed by atoms with Crippen molar-refractivity contribution in [2.24, 2.45) is 5.41 Å². The van der Waals surface area contributed by atoms with Crippen LogP contribution in [-0.4, -0.2) is 38.9 Å². The molecular weight excluding hydrogens is 218 g/mol. The van der Waals surface area contributed by atoms with Gasteiger partial charge in [0.25, 0.3) is 0 Å². The zero-order valence-corrected chi connectivity index (χ0v) is 10.9. The highest BCUT2D eigenvalue weighted by atomic mass is 16.4. The largest absolute Gasteiger partial charge is 0.465 e. The van der Waals surface area contributed by atoms with E-state index in [9.17, 15) is 15.0 Å². The molecule has 1 amide bonds. The first-order valence-electron chi connectivity index (χ1n) is 6.50. The SMILES string of the molecule is CC(C)(C)C12CCC[C@@H]([C@H](O)CC1)N2C(=O)O. The molecule has 3 atom stereocenters. The molecule has 98 valence electrons. The summed E-state index contributed by atoms with van der Waals surface area (Å²) in [5.74, 6) is 0. The molecule has 0 saturated carbocycles. The smallest absolute Gasteiger partial charge is 0.408 e. The zero-order valence-electron chi connectivity index (χ0n) is 10.9. The summed E-state index contributed by atoms with van der Waals surface area (Å²) in [4.78, 5) is 13.2. The van der Waals surface area contributed by atoms with Crippen LogP contribution in [0.3, 0.4) is 0 Å². The molecule has 0 aliphatic carbocycles. The fraction of sp³-hybridized carbons (Fsp3) is 0.923. The molecule has 2 fully saturated rings. The van der Waals surface area contributed by atoms with Gasteiger partial charge in [0.05, 0.1) is 17.7 Å². The van der Waals surface area contributed by atoms with E-state index in [0.717, 1.165) is 32.1 Å². The van der Waals surface area contributed by atoms with E-state index < -0.39 is 12.2 Å². The van der Waals surface area contributed by atoms with Gasteiger partial charge in [-0.25, -0.2) is 4.79 Å². The van der Waals surface area contributed by atoms with Crippen molar-refractivity contribution in [1.29, 1.82) is 0 Å². The summed E-state index contributed by atoms with van der Waals surface area (Å²) in [7, 11) is 0. The van der Waals surface area contributed by atoms with E-state index in [0.29, 0.717) is 0 Å². The number of fused-ring (bicyclic) bond motifs is 2. The number of aliphatic hydroxyl groups excluding tert-OH is 1. The Morgan fingerprint density at radius 2 is 1.94 bits per heavy atom. The van der Waals surface area contributed by atoms with Crippen LogP contribution in [0, 0.1) is 5.41 Å². The predicted octanol–water partition coefficient (Wildman–Crippen LogP) is 2.46. The van der Waals surface area contributed by atoms with Gasteiger partial charge in [-0.15, -0.1) is 0 Å². The topological polar surface area (TPSA) is 60.8 Å². The normalized spacial score (nSPS) is 38.0. The van der Waals surface area contributed by atoms with Crippen LogP contribution in [-0.2, 0) is 0 Å². The Morgan fingerprint density at radius 1 is 1.29 bits per heavy atom. The van der Waals surface area contributed by atoms with Crippen molar-refractivity contribution in [3.05, 3.63) is 0 Å². The Balaban J connectivity index is 2.44. The minimum absolute atomic E-state index is 0.0792. The van der Waals surface area contributed by atoms with Crippen molar-refractivity contribution in [2.75, 3.05) is 0 Å². The summed E-state index contributed by atoms with van der Waals surface area (Å²) in [5.41, 5.74) is -0.370. The van der Waals surface area contributed by atoms with Gasteiger partial charge in [0.1, 0.15) is 0 Å². The van der Waals surface area contributed by atoms with Crippen LogP contribution in [0.5, 0.6) is 0 Å². The van der Waals surface area contributed by atoms with E-state index >= 15 is 0 Å². The molecule has 0 spiro atoms. The number of hydrogen-bond acceptors (Lipinski definition) is 2. The Bertz CT molecular complexity index is 323. The maximum Gasteiger partial charge on any atom is 0.408 e. The summed E-state index contributed by atoms with van der Waals surface area (Å²) < 4.78 is 0. The van der Waals surface area contributed by atoms with Crippen LogP contribution in [0.25, 0.3) is 0 Å². The molecule has 4 heteroatoms. The predicted molar refractivity (Wildman–Crippen MR) is 64.9 cm³/mol. The Labute approximate surface area is 103 Å². The number of amides is 1. The minimum atomic E-state index is -0.872. The van der Waals surface area contributed by atoms with Gasteiger partial charge in [-0.2, -0.15) is 0 Å². The molecule has 17 heavy (non-hydrogen) atoms. The van der Waals surface area contributed by atoms with E-state index in [2.05, 4.69) is 20.8 Å². The summed E-state index contributed by atoms with van der Waals surface area (Å²) in [6, 6.07) is -0.200. The number of aliphatic hydroxyl groups is 1. The highest BCUT2D eigenvalue weighted by Crippen LogP contribution is 2.51. The second-order valence-corrected chi connectivity index (χ2v) is 6.50. The van der Waals surface area contributed by atoms with Crippen molar-refractivity contribution >= 4 is 6.09 Å². The Hall–Kier alpha value is -0.770. The lowest BCUT2D eigenvalue weighted by Gasteiger charge is -2.60. The van der Waals surface area contributed by atoms with Crippen LogP contribution in [0.2, 0.25) is 0 Å². The van der Waals surface area contributed by atoms with Crippen molar-refractivity contribution in [1.82, 2.24) is 4.90 Å². The van der Waals surface area contributed by atoms with E-state index in [4.69, 9.17) is 0 Å². The van der Waals surface area contributed by atoms with Crippen molar-refractivity contribution in [3.63, 3.8) is 0 Å². The lowest BCUT2D eigenvalue weighted by Crippen LogP contribution is -2.69. The van der Waals surface area contributed by atoms with Gasteiger partial charge >= 0.3 is 6.09 Å². The molecule has 0 aromatic carbocycles. The fourth-order valence-electron chi connectivity index (χ4n) is 3.80. The molecule has 2 rings (SSSR count). The molecule has 0 aromatic rings. The number of carboxylic acid groups (broad SMARTS) is 1. The number of carbonyl (C=O) groups is 1. The Kier molecular flexibility index (Phi) is 2.89. The van der Waals surface area contributed by atoms with E-state index in [1.54, 1.807) is 4.90 Å². The summed E-state index contributed by atoms with van der Waals surface area (Å²) in [5, 5.41) is 19.5. The number of hydrogen-bond donors (Lipinski definition) is 2. The monoisotopic (exact) mass is 241 g/mol. The molecule has 2 bridgehead atoms. The second kappa shape index (κ2) is 3.87. The van der Waals surface area contributed by atoms with E-state index in [-0.39, 0.29) is 17.0 Å². The highest BCUT2D eigenvalue weighted by molar-refractivity contribution is 5.67. The zero-order chi connectivity index (χ0) is 12.8. The van der Waals surface area contributed by atoms with Gasteiger partial charge in [-0.3, -0.25) is 4.90 Å². The average molecular weight is 241 g/mol. The van der Waals surface area contributed by atoms with Crippen LogP contribution in [0.1, 0.15) is 52.9 Å². The third-order valence-electron chi connectivity index (χ3n) is 4.78. The third kappa shape index (κ3) is 1.73. The standard InChI is InChI=1S/C13H23NO3/c1-12(2,3)13-7-4-5-9(10(15)6-8-13)14(13)11(16)17/h9-10,15H,4-8H2,1-3H3,(H,16,17)/t9-,10+,13?/m0/s1. The first kappa shape index (κ1) is 12.7. The van der Waals surface area contributed by atoms with Gasteiger partial charge in [0, 0.05) is 0 Å². The summed E-state index contributed by atoms with van der Waals surface area (Å²) in [6.07, 6.45) is 2.89. The maximum absolute atomic E-state index is 11.6. The maximum atomic E-state index is 11.6. The molecule has 0 radical (unpaired) electrons. The van der Waals surface area contributed by atoms with Gasteiger partial charge in [0.2, 0.25) is 0 Å². The number of nitrogens with zero attached hydrogens (tertiary/aromatic N) is 1. The van der Waals surface area contributed by atoms with Crippen LogP contribution < -0.4 is 0 Å². The molecule has 1 unspecified atom stereocenters. The minimum Gasteiger partial charge on any atom is -0.465 e. The molecule has 2 heterocycles. The number of piperidine rings is 2. The highest BCUT2D eigenvalue weighted by Gasteiger charge is 2.56. The first-order valence-corrected chi connectivity index (χ1v) is 6.50. The van der Waals surface area contributed by atoms with E-state index in [1.807, 2.05) is 0 Å². The average Bonchev–Trinajstić information content (AvgIpc) is 2.21. The van der Waals surface area contributed by atoms with Crippen molar-refractivity contribution < 1.29 is 15.0 Å². The molecule has 4 nitrogen and oxygen atoms in total. The molecule has 2 saturated heterocycles. The summed E-state index contributed by atoms with van der Waals surface area (Å²) >= 11 is 0. The quantitative estimate of drug-likeness (QED) is 0.685. The van der Waals surface area contributed by atoms with Gasteiger partial charge in [0.15, 0.2) is 0 Å². The second-order valence-electron chi connectivity index (χ2n) is 6.50. The van der Waals surface area contributed by atoms with E-state index in [1.165, 1.54) is 0 Å². The van der Waals surface area contributed by atoms with Crippen LogP contribution in [0.15, 0.2) is 0 Å². The lowest BCUT2D eigenvalue weighted by atomic mass is 9.61. The van der Waals surface area contributed by atoms with Gasteiger partial charge < -0.3 is 10.2 Å². The fourth-order valence-corrected chi connectivity index (χ4v) is 3.80. The first-order chi connectivity index (χ1) is 7.79. The summed E-state index contributed by atoms with van der Waals surface area (Å²) in [6.45, 7) is 6.34. The molecule has 2 aliphatic rings. The van der Waals surface area contributed by atoms with Crippen molar-refractivity contribution in [3.8, 4) is 0 Å². The molecule has 2 aliphatic heterocycles. The van der Waals surface area contributed by atoms with Crippen molar-refractivity contribution in [2.45, 2.75) is 70.6 Å². The molecule has 2 N–H and O–H groups in total. The van der Waals surface area contributed by atoms with Crippen LogP contribution >= 0.6 is 0 Å². The molecule has 0 aromatic heterocycles. The molecular formula is C13H23NO3.